The largest absolute Gasteiger partial charge is 0.480 e. The molecule has 2 aromatic rings. The maximum absolute atomic E-state index is 11.6. The van der Waals surface area contributed by atoms with Gasteiger partial charge in [0.05, 0.1) is 23.8 Å². The summed E-state index contributed by atoms with van der Waals surface area (Å²) in [7, 11) is 5.27. The average molecular weight is 363 g/mol. The van der Waals surface area contributed by atoms with Crippen LogP contribution in [0.2, 0.25) is 0 Å². The molecule has 2 aromatic heterocycles. The Kier molecular flexibility index (Phi) is 5.44. The minimum atomic E-state index is -0.191. The van der Waals surface area contributed by atoms with Gasteiger partial charge in [-0.25, -0.2) is 4.98 Å². The lowest BCUT2D eigenvalue weighted by Gasteiger charge is -2.32. The number of likely N-dealkylation sites (N-methyl/N-ethyl adjacent to an activating group) is 1. The van der Waals surface area contributed by atoms with E-state index in [1.807, 2.05) is 0 Å². The Bertz CT molecular complexity index is 743. The van der Waals surface area contributed by atoms with Gasteiger partial charge in [-0.05, 0) is 18.8 Å². The number of methoxy groups -OCH3 is 1. The number of carbonyl (C=O) groups excluding carboxylic acids is 1. The van der Waals surface area contributed by atoms with Gasteiger partial charge in [0.15, 0.2) is 5.09 Å². The van der Waals surface area contributed by atoms with Gasteiger partial charge in [-0.15, -0.1) is 0 Å². The highest BCUT2D eigenvalue weighted by atomic mass is 32.2. The smallest absolute Gasteiger partial charge is 0.254 e. The summed E-state index contributed by atoms with van der Waals surface area (Å²) in [5.41, 5.74) is 0.471. The van der Waals surface area contributed by atoms with Crippen LogP contribution in [0.3, 0.4) is 0 Å². The number of hydrogen-bond acceptors (Lipinski definition) is 8. The molecule has 0 bridgehead atoms. The Morgan fingerprint density at radius 3 is 2.80 bits per heavy atom. The number of nitrogens with zero attached hydrogens (tertiary/aromatic N) is 4. The van der Waals surface area contributed by atoms with E-state index in [-0.39, 0.29) is 5.91 Å². The lowest BCUT2D eigenvalue weighted by Crippen LogP contribution is -2.45. The number of hydrogen-bond donors (Lipinski definition) is 1. The van der Waals surface area contributed by atoms with Crippen molar-refractivity contribution in [3.8, 4) is 5.88 Å². The molecule has 3 rings (SSSR count). The Labute approximate surface area is 150 Å². The molecule has 0 aromatic carbocycles. The molecule has 1 N–H and O–H groups in total. The number of ether oxygens (including phenoxy) is 1. The quantitative estimate of drug-likeness (QED) is 0.852. The summed E-state index contributed by atoms with van der Waals surface area (Å²) in [6, 6.07) is 1.68. The molecule has 25 heavy (non-hydrogen) atoms. The molecule has 0 atom stereocenters. The topological polar surface area (TPSA) is 83.7 Å². The average Bonchev–Trinajstić information content (AvgIpc) is 3.10. The fraction of sp³-hybridized carbons (Fsp3) is 0.438. The van der Waals surface area contributed by atoms with Crippen molar-refractivity contribution in [1.82, 2.24) is 20.2 Å². The molecule has 0 unspecified atom stereocenters. The molecule has 0 saturated carbocycles. The number of piperazine rings is 1. The van der Waals surface area contributed by atoms with E-state index < -0.39 is 0 Å². The summed E-state index contributed by atoms with van der Waals surface area (Å²) >= 11 is 1.32. The Balaban J connectivity index is 1.75. The molecule has 3 heterocycles. The van der Waals surface area contributed by atoms with Crippen LogP contribution in [-0.2, 0) is 0 Å². The van der Waals surface area contributed by atoms with Crippen molar-refractivity contribution in [1.29, 1.82) is 0 Å². The monoisotopic (exact) mass is 363 g/mol. The lowest BCUT2D eigenvalue weighted by molar-refractivity contribution is 0.0962. The van der Waals surface area contributed by atoms with Gasteiger partial charge in [-0.3, -0.25) is 4.79 Å². The molecule has 134 valence electrons. The van der Waals surface area contributed by atoms with Gasteiger partial charge in [0.1, 0.15) is 6.26 Å². The van der Waals surface area contributed by atoms with Crippen molar-refractivity contribution in [2.24, 2.45) is 0 Å². The van der Waals surface area contributed by atoms with Crippen LogP contribution in [0, 0.1) is 0 Å². The number of rotatable bonds is 5. The second-order valence-electron chi connectivity index (χ2n) is 5.67. The number of aromatic nitrogens is 2. The van der Waals surface area contributed by atoms with E-state index in [0.717, 1.165) is 31.1 Å². The Morgan fingerprint density at radius 1 is 1.36 bits per heavy atom. The minimum Gasteiger partial charge on any atom is -0.480 e. The molecule has 9 heteroatoms. The van der Waals surface area contributed by atoms with Gasteiger partial charge >= 0.3 is 0 Å². The second-order valence-corrected chi connectivity index (χ2v) is 6.72. The summed E-state index contributed by atoms with van der Waals surface area (Å²) < 4.78 is 10.8. The second kappa shape index (κ2) is 7.75. The lowest BCUT2D eigenvalue weighted by atomic mass is 10.3. The van der Waals surface area contributed by atoms with E-state index in [4.69, 9.17) is 9.15 Å². The van der Waals surface area contributed by atoms with E-state index in [1.165, 1.54) is 18.0 Å². The van der Waals surface area contributed by atoms with Crippen LogP contribution < -0.4 is 15.0 Å². The number of anilines is 1. The first kappa shape index (κ1) is 17.6. The van der Waals surface area contributed by atoms with Gasteiger partial charge < -0.3 is 24.3 Å². The van der Waals surface area contributed by atoms with Crippen LogP contribution in [-0.4, -0.2) is 68.2 Å². The molecule has 1 amide bonds. The highest BCUT2D eigenvalue weighted by Crippen LogP contribution is 2.35. The molecule has 1 saturated heterocycles. The third kappa shape index (κ3) is 4.05. The first-order chi connectivity index (χ1) is 12.1. The summed E-state index contributed by atoms with van der Waals surface area (Å²) in [4.78, 5) is 25.8. The predicted octanol–water partition coefficient (Wildman–Crippen LogP) is 1.34. The zero-order valence-corrected chi connectivity index (χ0v) is 15.3. The van der Waals surface area contributed by atoms with Crippen molar-refractivity contribution < 1.29 is 13.9 Å². The fourth-order valence-electron chi connectivity index (χ4n) is 2.46. The Morgan fingerprint density at radius 2 is 2.12 bits per heavy atom. The first-order valence-corrected chi connectivity index (χ1v) is 8.75. The van der Waals surface area contributed by atoms with Crippen molar-refractivity contribution in [3.05, 3.63) is 24.1 Å². The fourth-order valence-corrected chi connectivity index (χ4v) is 3.28. The standard InChI is InChI=1S/C16H21N5O3S/c1-17-14(22)11-8-13(24-10-11)25-12-9-18-16(19-15(12)23-3)21-6-4-20(2)5-7-21/h8-10H,4-7H2,1-3H3,(H,17,22). The van der Waals surface area contributed by atoms with E-state index in [1.54, 1.807) is 26.4 Å². The highest BCUT2D eigenvalue weighted by Gasteiger charge is 2.19. The molecule has 1 aliphatic rings. The van der Waals surface area contributed by atoms with Gasteiger partial charge in [0, 0.05) is 39.3 Å². The number of amides is 1. The van der Waals surface area contributed by atoms with Crippen LogP contribution in [0.25, 0.3) is 0 Å². The van der Waals surface area contributed by atoms with E-state index >= 15 is 0 Å². The first-order valence-electron chi connectivity index (χ1n) is 7.93. The van der Waals surface area contributed by atoms with Crippen molar-refractivity contribution in [3.63, 3.8) is 0 Å². The van der Waals surface area contributed by atoms with Gasteiger partial charge in [-0.1, -0.05) is 0 Å². The van der Waals surface area contributed by atoms with Crippen LogP contribution in [0.15, 0.2) is 32.9 Å². The third-order valence-electron chi connectivity index (χ3n) is 3.96. The van der Waals surface area contributed by atoms with Crippen molar-refractivity contribution in [2.45, 2.75) is 9.99 Å². The molecular weight excluding hydrogens is 342 g/mol. The summed E-state index contributed by atoms with van der Waals surface area (Å²) in [5.74, 6) is 0.968. The molecule has 0 spiro atoms. The van der Waals surface area contributed by atoms with E-state index in [9.17, 15) is 4.79 Å². The van der Waals surface area contributed by atoms with Crippen LogP contribution >= 0.6 is 11.8 Å². The van der Waals surface area contributed by atoms with Gasteiger partial charge in [0.25, 0.3) is 5.91 Å². The molecule has 1 fully saturated rings. The number of furan rings is 1. The maximum Gasteiger partial charge on any atom is 0.254 e. The predicted molar refractivity (Wildman–Crippen MR) is 94.5 cm³/mol. The molecular formula is C16H21N5O3S. The SMILES string of the molecule is CNC(=O)c1coc(Sc2cnc(N3CCN(C)CC3)nc2OC)c1. The normalized spacial score (nSPS) is 15.2. The van der Waals surface area contributed by atoms with Crippen molar-refractivity contribution in [2.75, 3.05) is 52.3 Å². The number of nitrogens with one attached hydrogen (secondary N) is 1. The molecule has 0 radical (unpaired) electrons. The molecule has 1 aliphatic heterocycles. The minimum absolute atomic E-state index is 0.191. The third-order valence-corrected chi connectivity index (χ3v) is 4.88. The maximum atomic E-state index is 11.6. The highest BCUT2D eigenvalue weighted by molar-refractivity contribution is 7.99. The summed E-state index contributed by atoms with van der Waals surface area (Å²) in [6.45, 7) is 3.74. The van der Waals surface area contributed by atoms with Gasteiger partial charge in [0.2, 0.25) is 11.8 Å². The summed E-state index contributed by atoms with van der Waals surface area (Å²) in [6.07, 6.45) is 3.15. The van der Waals surface area contributed by atoms with Gasteiger partial charge in [-0.2, -0.15) is 4.98 Å². The zero-order chi connectivity index (χ0) is 17.8. The van der Waals surface area contributed by atoms with Crippen LogP contribution in [0.5, 0.6) is 5.88 Å². The summed E-state index contributed by atoms with van der Waals surface area (Å²) in [5, 5.41) is 3.14. The molecule has 0 aliphatic carbocycles. The van der Waals surface area contributed by atoms with Crippen LogP contribution in [0.1, 0.15) is 10.4 Å². The Hall–Kier alpha value is -2.26. The zero-order valence-electron chi connectivity index (χ0n) is 14.5. The van der Waals surface area contributed by atoms with E-state index in [2.05, 4.69) is 32.1 Å². The van der Waals surface area contributed by atoms with Crippen molar-refractivity contribution >= 4 is 23.6 Å². The number of carbonyl (C=O) groups is 1. The van der Waals surface area contributed by atoms with Crippen LogP contribution in [0.4, 0.5) is 5.95 Å². The molecule has 8 nitrogen and oxygen atoms in total. The van der Waals surface area contributed by atoms with E-state index in [0.29, 0.717) is 22.5 Å².